The van der Waals surface area contributed by atoms with Crippen LogP contribution in [0.25, 0.3) is 0 Å². The number of anilines is 1. The van der Waals surface area contributed by atoms with E-state index in [-0.39, 0.29) is 11.3 Å². The molecular weight excluding hydrogens is 433 g/mol. The highest BCUT2D eigenvalue weighted by molar-refractivity contribution is 14.1. The molecule has 0 N–H and O–H groups in total. The highest BCUT2D eigenvalue weighted by atomic mass is 127. The van der Waals surface area contributed by atoms with Gasteiger partial charge in [-0.1, -0.05) is 17.7 Å². The quantitative estimate of drug-likeness (QED) is 0.527. The molecule has 0 amide bonds. The number of carbonyl (C=O) groups excluding carboxylic acids is 2. The fraction of sp³-hybridized carbons (Fsp3) is 0.125. The Morgan fingerprint density at radius 2 is 1.83 bits per heavy atom. The topological polar surface area (TPSA) is 55.8 Å². The van der Waals surface area contributed by atoms with Crippen molar-refractivity contribution < 1.29 is 19.1 Å². The molecule has 1 aromatic rings. The van der Waals surface area contributed by atoms with Crippen molar-refractivity contribution >= 4 is 51.8 Å². The fourth-order valence-corrected chi connectivity index (χ4v) is 3.16. The monoisotopic (exact) mass is 445 g/mol. The molecule has 0 radical (unpaired) electrons. The predicted octanol–water partition coefficient (Wildman–Crippen LogP) is 3.43. The summed E-state index contributed by atoms with van der Waals surface area (Å²) in [6, 6.07) is 5.23. The Morgan fingerprint density at radius 1 is 1.13 bits per heavy atom. The highest BCUT2D eigenvalue weighted by Crippen LogP contribution is 2.31. The second-order valence-electron chi connectivity index (χ2n) is 4.41. The van der Waals surface area contributed by atoms with Crippen molar-refractivity contribution in [1.29, 1.82) is 0 Å². The number of allylic oxidation sites excluding steroid dienone is 2. The maximum Gasteiger partial charge on any atom is 0.355 e. The van der Waals surface area contributed by atoms with Gasteiger partial charge in [0.05, 0.1) is 25.5 Å². The van der Waals surface area contributed by atoms with E-state index in [0.29, 0.717) is 10.7 Å². The Kier molecular flexibility index (Phi) is 5.84. The maximum absolute atomic E-state index is 12.3. The van der Waals surface area contributed by atoms with Gasteiger partial charge in [-0.15, -0.1) is 0 Å². The number of nitrogens with zero attached hydrogens (tertiary/aromatic N) is 1. The molecule has 0 atom stereocenters. The number of benzene rings is 1. The summed E-state index contributed by atoms with van der Waals surface area (Å²) >= 11 is 8.09. The lowest BCUT2D eigenvalue weighted by Gasteiger charge is -2.24. The van der Waals surface area contributed by atoms with Crippen molar-refractivity contribution in [3.05, 3.63) is 62.5 Å². The van der Waals surface area contributed by atoms with E-state index < -0.39 is 11.9 Å². The minimum absolute atomic E-state index is 0.0737. The van der Waals surface area contributed by atoms with E-state index >= 15 is 0 Å². The smallest absolute Gasteiger partial charge is 0.355 e. The van der Waals surface area contributed by atoms with Gasteiger partial charge in [-0.2, -0.15) is 0 Å². The van der Waals surface area contributed by atoms with E-state index in [0.717, 1.165) is 3.57 Å². The number of methoxy groups -OCH3 is 2. The van der Waals surface area contributed by atoms with Crippen LogP contribution in [0, 0.1) is 3.57 Å². The molecule has 23 heavy (non-hydrogen) atoms. The van der Waals surface area contributed by atoms with Crippen molar-refractivity contribution in [3.63, 3.8) is 0 Å². The van der Waals surface area contributed by atoms with E-state index in [4.69, 9.17) is 21.1 Å². The Morgan fingerprint density at radius 3 is 2.43 bits per heavy atom. The van der Waals surface area contributed by atoms with Gasteiger partial charge < -0.3 is 14.4 Å². The van der Waals surface area contributed by atoms with Gasteiger partial charge in [-0.3, -0.25) is 0 Å². The molecule has 0 aliphatic carbocycles. The summed E-state index contributed by atoms with van der Waals surface area (Å²) in [4.78, 5) is 25.9. The number of hydrogen-bond acceptors (Lipinski definition) is 5. The average Bonchev–Trinajstić information content (AvgIpc) is 2.76. The summed E-state index contributed by atoms with van der Waals surface area (Å²) < 4.78 is 10.4. The van der Waals surface area contributed by atoms with Gasteiger partial charge in [0.15, 0.2) is 0 Å². The van der Waals surface area contributed by atoms with E-state index in [1.54, 1.807) is 41.5 Å². The lowest BCUT2D eigenvalue weighted by molar-refractivity contribution is -0.139. The number of rotatable bonds is 3. The molecule has 0 fully saturated rings. The average molecular weight is 446 g/mol. The molecule has 0 unspecified atom stereocenters. The molecular formula is C16H13ClINO4. The Labute approximate surface area is 152 Å². The Hall–Kier alpha value is -1.80. The van der Waals surface area contributed by atoms with Gasteiger partial charge in [-0.05, 0) is 52.9 Å². The van der Waals surface area contributed by atoms with Crippen LogP contribution in [0.4, 0.5) is 5.69 Å². The molecule has 120 valence electrons. The zero-order valence-electron chi connectivity index (χ0n) is 12.4. The first-order valence-electron chi connectivity index (χ1n) is 6.49. The Balaban J connectivity index is 2.68. The molecule has 0 bridgehead atoms. The van der Waals surface area contributed by atoms with Crippen LogP contribution in [0.2, 0.25) is 5.02 Å². The minimum Gasteiger partial charge on any atom is -0.465 e. The largest absolute Gasteiger partial charge is 0.465 e. The molecule has 1 heterocycles. The fourth-order valence-electron chi connectivity index (χ4n) is 2.03. The summed E-state index contributed by atoms with van der Waals surface area (Å²) in [5.74, 6) is -1.27. The van der Waals surface area contributed by atoms with Crippen molar-refractivity contribution in [2.75, 3.05) is 19.1 Å². The first-order chi connectivity index (χ1) is 11.0. The van der Waals surface area contributed by atoms with Crippen LogP contribution < -0.4 is 4.90 Å². The Bertz CT molecular complexity index is 740. The predicted molar refractivity (Wildman–Crippen MR) is 96.0 cm³/mol. The van der Waals surface area contributed by atoms with Crippen LogP contribution >= 0.6 is 34.2 Å². The molecule has 7 heteroatoms. The molecule has 1 aliphatic heterocycles. The van der Waals surface area contributed by atoms with Crippen LogP contribution in [0.5, 0.6) is 0 Å². The van der Waals surface area contributed by atoms with Crippen LogP contribution in [-0.2, 0) is 19.1 Å². The highest BCUT2D eigenvalue weighted by Gasteiger charge is 2.28. The third kappa shape index (κ3) is 3.76. The van der Waals surface area contributed by atoms with Gasteiger partial charge >= 0.3 is 11.9 Å². The molecule has 1 aliphatic rings. The van der Waals surface area contributed by atoms with E-state index in [2.05, 4.69) is 22.6 Å². The molecule has 5 nitrogen and oxygen atoms in total. The first kappa shape index (κ1) is 17.6. The minimum atomic E-state index is -0.646. The normalized spacial score (nSPS) is 13.8. The third-order valence-corrected chi connectivity index (χ3v) is 4.16. The first-order valence-corrected chi connectivity index (χ1v) is 7.95. The second kappa shape index (κ2) is 7.65. The second-order valence-corrected chi connectivity index (χ2v) is 6.01. The lowest BCUT2D eigenvalue weighted by atomic mass is 10.1. The van der Waals surface area contributed by atoms with Gasteiger partial charge in [0.2, 0.25) is 0 Å². The van der Waals surface area contributed by atoms with Crippen molar-refractivity contribution in [1.82, 2.24) is 0 Å². The standard InChI is InChI=1S/C16H13ClINO4/c1-22-15(20)11-5-3-4-8-19(14(11)16(21)23-2)13-7-6-10(17)9-12(13)18/h3-9H,1-2H3. The van der Waals surface area contributed by atoms with E-state index in [9.17, 15) is 9.59 Å². The summed E-state index contributed by atoms with van der Waals surface area (Å²) in [6.45, 7) is 0. The number of carbonyl (C=O) groups is 2. The van der Waals surface area contributed by atoms with Gasteiger partial charge in [0, 0.05) is 14.8 Å². The van der Waals surface area contributed by atoms with Crippen LogP contribution in [-0.4, -0.2) is 26.2 Å². The summed E-state index contributed by atoms with van der Waals surface area (Å²) in [5, 5.41) is 0.576. The van der Waals surface area contributed by atoms with Crippen LogP contribution in [0.15, 0.2) is 53.9 Å². The number of hydrogen-bond donors (Lipinski definition) is 0. The summed E-state index contributed by atoms with van der Waals surface area (Å²) in [6.07, 6.45) is 6.54. The van der Waals surface area contributed by atoms with Crippen LogP contribution in [0.3, 0.4) is 0 Å². The molecule has 0 saturated heterocycles. The summed E-state index contributed by atoms with van der Waals surface area (Å²) in [5.41, 5.74) is 0.872. The van der Waals surface area contributed by atoms with Crippen molar-refractivity contribution in [3.8, 4) is 0 Å². The van der Waals surface area contributed by atoms with Gasteiger partial charge in [0.1, 0.15) is 5.70 Å². The molecule has 0 spiro atoms. The summed E-state index contributed by atoms with van der Waals surface area (Å²) in [7, 11) is 2.51. The van der Waals surface area contributed by atoms with Crippen LogP contribution in [0.1, 0.15) is 0 Å². The van der Waals surface area contributed by atoms with E-state index in [1.165, 1.54) is 20.3 Å². The zero-order chi connectivity index (χ0) is 17.0. The van der Waals surface area contributed by atoms with E-state index in [1.807, 2.05) is 0 Å². The lowest BCUT2D eigenvalue weighted by Crippen LogP contribution is -2.27. The SMILES string of the molecule is COC(=O)C1=C(C(=O)OC)N(c2ccc(Cl)cc2I)C=CC=C1. The number of ether oxygens (including phenoxy) is 2. The maximum atomic E-state index is 12.3. The molecule has 2 rings (SSSR count). The number of esters is 2. The third-order valence-electron chi connectivity index (χ3n) is 3.06. The van der Waals surface area contributed by atoms with Gasteiger partial charge in [0.25, 0.3) is 0 Å². The van der Waals surface area contributed by atoms with Gasteiger partial charge in [-0.25, -0.2) is 9.59 Å². The molecule has 1 aromatic carbocycles. The molecule has 0 aromatic heterocycles. The zero-order valence-corrected chi connectivity index (χ0v) is 15.3. The number of halogens is 2. The van der Waals surface area contributed by atoms with Crippen molar-refractivity contribution in [2.24, 2.45) is 0 Å². The molecule has 0 saturated carbocycles. The van der Waals surface area contributed by atoms with Crippen molar-refractivity contribution in [2.45, 2.75) is 0 Å².